The van der Waals surface area contributed by atoms with Crippen molar-refractivity contribution in [2.75, 3.05) is 0 Å². The molecule has 0 saturated heterocycles. The van der Waals surface area contributed by atoms with E-state index in [0.29, 0.717) is 21.7 Å². The van der Waals surface area contributed by atoms with Crippen molar-refractivity contribution in [2.45, 2.75) is 31.2 Å². The van der Waals surface area contributed by atoms with E-state index < -0.39 is 0 Å². The minimum absolute atomic E-state index is 0.0347. The van der Waals surface area contributed by atoms with Gasteiger partial charge in [-0.05, 0) is 38.0 Å². The lowest BCUT2D eigenvalue weighted by molar-refractivity contribution is 0.640. The Bertz CT molecular complexity index is 674. The van der Waals surface area contributed by atoms with Crippen molar-refractivity contribution in [1.29, 1.82) is 0 Å². The van der Waals surface area contributed by atoms with Crippen LogP contribution in [0.2, 0.25) is 5.02 Å². The molecule has 18 heavy (non-hydrogen) atoms. The molecule has 0 spiro atoms. The third-order valence-corrected chi connectivity index (χ3v) is 3.59. The van der Waals surface area contributed by atoms with Crippen molar-refractivity contribution < 1.29 is 0 Å². The minimum Gasteiger partial charge on any atom is -0.292 e. The number of rotatable bonds is 2. The van der Waals surface area contributed by atoms with Gasteiger partial charge in [0.05, 0.1) is 16.3 Å². The Morgan fingerprint density at radius 1 is 1.44 bits per heavy atom. The average molecular weight is 283 g/mol. The number of hydrogen-bond acceptors (Lipinski definition) is 2. The van der Waals surface area contributed by atoms with Crippen LogP contribution in [-0.2, 0) is 0 Å². The standard InChI is InChI=1S/C13H12Cl2N2O/c1-7(14)12-16-11-5-2-8(15)6-10(11)13(18)17(12)9-3-4-9/h2,5-7,9H,3-4H2,1H3/t7-/m1/s1. The fraction of sp³-hybridized carbons (Fsp3) is 0.385. The van der Waals surface area contributed by atoms with Crippen LogP contribution in [0.25, 0.3) is 10.9 Å². The van der Waals surface area contributed by atoms with Crippen LogP contribution in [0.5, 0.6) is 0 Å². The van der Waals surface area contributed by atoms with Gasteiger partial charge < -0.3 is 0 Å². The first-order chi connectivity index (χ1) is 8.58. The third kappa shape index (κ3) is 1.91. The van der Waals surface area contributed by atoms with Crippen molar-refractivity contribution in [3.63, 3.8) is 0 Å². The molecule has 0 N–H and O–H groups in total. The minimum atomic E-state index is -0.279. The highest BCUT2D eigenvalue weighted by atomic mass is 35.5. The summed E-state index contributed by atoms with van der Waals surface area (Å²) in [6, 6.07) is 5.43. The van der Waals surface area contributed by atoms with E-state index in [4.69, 9.17) is 23.2 Å². The van der Waals surface area contributed by atoms with E-state index in [1.165, 1.54) is 0 Å². The highest BCUT2D eigenvalue weighted by molar-refractivity contribution is 6.31. The van der Waals surface area contributed by atoms with Crippen LogP contribution in [0.3, 0.4) is 0 Å². The van der Waals surface area contributed by atoms with E-state index in [0.717, 1.165) is 12.8 Å². The molecule has 1 atom stereocenters. The van der Waals surface area contributed by atoms with Crippen molar-refractivity contribution in [1.82, 2.24) is 9.55 Å². The zero-order valence-electron chi connectivity index (χ0n) is 9.86. The summed E-state index contributed by atoms with van der Waals surface area (Å²) in [7, 11) is 0. The van der Waals surface area contributed by atoms with E-state index in [1.54, 1.807) is 22.8 Å². The highest BCUT2D eigenvalue weighted by Gasteiger charge is 2.29. The van der Waals surface area contributed by atoms with Crippen molar-refractivity contribution in [3.8, 4) is 0 Å². The first kappa shape index (κ1) is 12.0. The summed E-state index contributed by atoms with van der Waals surface area (Å²) in [4.78, 5) is 17.0. The molecular weight excluding hydrogens is 271 g/mol. The highest BCUT2D eigenvalue weighted by Crippen LogP contribution is 2.36. The first-order valence-electron chi connectivity index (χ1n) is 5.93. The summed E-state index contributed by atoms with van der Waals surface area (Å²) in [6.45, 7) is 1.84. The van der Waals surface area contributed by atoms with Gasteiger partial charge in [-0.25, -0.2) is 4.98 Å². The van der Waals surface area contributed by atoms with Gasteiger partial charge in [-0.3, -0.25) is 9.36 Å². The summed E-state index contributed by atoms with van der Waals surface area (Å²) >= 11 is 12.1. The molecule has 1 aromatic heterocycles. The van der Waals surface area contributed by atoms with E-state index in [1.807, 2.05) is 6.92 Å². The second kappa shape index (κ2) is 4.25. The van der Waals surface area contributed by atoms with Gasteiger partial charge in [0.1, 0.15) is 5.82 Å². The van der Waals surface area contributed by atoms with Gasteiger partial charge in [0.15, 0.2) is 0 Å². The molecular formula is C13H12Cl2N2O. The van der Waals surface area contributed by atoms with Gasteiger partial charge in [-0.15, -0.1) is 11.6 Å². The second-order valence-corrected chi connectivity index (χ2v) is 5.74. The zero-order chi connectivity index (χ0) is 12.9. The predicted octanol–water partition coefficient (Wildman–Crippen LogP) is 3.68. The lowest BCUT2D eigenvalue weighted by Crippen LogP contribution is -2.25. The van der Waals surface area contributed by atoms with Crippen LogP contribution < -0.4 is 5.56 Å². The maximum absolute atomic E-state index is 12.5. The van der Waals surface area contributed by atoms with Gasteiger partial charge in [0, 0.05) is 11.1 Å². The topological polar surface area (TPSA) is 34.9 Å². The number of fused-ring (bicyclic) bond motifs is 1. The molecule has 1 fully saturated rings. The van der Waals surface area contributed by atoms with Gasteiger partial charge in [-0.2, -0.15) is 0 Å². The Labute approximate surface area is 114 Å². The third-order valence-electron chi connectivity index (χ3n) is 3.16. The van der Waals surface area contributed by atoms with Crippen molar-refractivity contribution in [2.24, 2.45) is 0 Å². The van der Waals surface area contributed by atoms with Crippen LogP contribution in [0.4, 0.5) is 0 Å². The molecule has 94 valence electrons. The van der Waals surface area contributed by atoms with Crippen LogP contribution in [0.15, 0.2) is 23.0 Å². The first-order valence-corrected chi connectivity index (χ1v) is 6.75. The summed E-state index contributed by atoms with van der Waals surface area (Å²) in [5.74, 6) is 0.652. The second-order valence-electron chi connectivity index (χ2n) is 4.65. The number of alkyl halides is 1. The molecule has 5 heteroatoms. The van der Waals surface area contributed by atoms with Crippen molar-refractivity contribution in [3.05, 3.63) is 39.4 Å². The fourth-order valence-corrected chi connectivity index (χ4v) is 2.48. The average Bonchev–Trinajstić information content (AvgIpc) is 3.13. The Morgan fingerprint density at radius 2 is 2.17 bits per heavy atom. The van der Waals surface area contributed by atoms with Gasteiger partial charge >= 0.3 is 0 Å². The van der Waals surface area contributed by atoms with Gasteiger partial charge in [0.25, 0.3) is 5.56 Å². The maximum atomic E-state index is 12.5. The molecule has 2 aromatic rings. The monoisotopic (exact) mass is 282 g/mol. The summed E-state index contributed by atoms with van der Waals surface area (Å²) < 4.78 is 1.73. The van der Waals surface area contributed by atoms with Crippen LogP contribution in [0.1, 0.15) is 37.0 Å². The van der Waals surface area contributed by atoms with Crippen LogP contribution in [0, 0.1) is 0 Å². The molecule has 1 heterocycles. The lowest BCUT2D eigenvalue weighted by atomic mass is 10.2. The Kier molecular flexibility index (Phi) is 2.83. The summed E-state index contributed by atoms with van der Waals surface area (Å²) in [6.07, 6.45) is 2.04. The molecule has 0 unspecified atom stereocenters. The summed E-state index contributed by atoms with van der Waals surface area (Å²) in [5, 5.41) is 0.837. The van der Waals surface area contributed by atoms with Crippen LogP contribution >= 0.6 is 23.2 Å². The molecule has 1 aromatic carbocycles. The molecule has 1 aliphatic rings. The smallest absolute Gasteiger partial charge is 0.261 e. The molecule has 0 bridgehead atoms. The Morgan fingerprint density at radius 3 is 2.78 bits per heavy atom. The zero-order valence-corrected chi connectivity index (χ0v) is 11.4. The predicted molar refractivity (Wildman–Crippen MR) is 73.6 cm³/mol. The van der Waals surface area contributed by atoms with E-state index in [9.17, 15) is 4.79 Å². The number of benzene rings is 1. The van der Waals surface area contributed by atoms with Crippen LogP contribution in [-0.4, -0.2) is 9.55 Å². The molecule has 0 aliphatic heterocycles. The lowest BCUT2D eigenvalue weighted by Gasteiger charge is -2.14. The quantitative estimate of drug-likeness (QED) is 0.788. The molecule has 1 aliphatic carbocycles. The Hall–Kier alpha value is -1.06. The summed E-state index contributed by atoms with van der Waals surface area (Å²) in [5.41, 5.74) is 0.622. The molecule has 3 rings (SSSR count). The van der Waals surface area contributed by atoms with Gasteiger partial charge in [0.2, 0.25) is 0 Å². The number of hydrogen-bond donors (Lipinski definition) is 0. The van der Waals surface area contributed by atoms with E-state index in [2.05, 4.69) is 4.98 Å². The molecule has 1 saturated carbocycles. The molecule has 3 nitrogen and oxygen atoms in total. The van der Waals surface area contributed by atoms with E-state index >= 15 is 0 Å². The maximum Gasteiger partial charge on any atom is 0.261 e. The van der Waals surface area contributed by atoms with Gasteiger partial charge in [-0.1, -0.05) is 11.6 Å². The normalized spacial score (nSPS) is 17.1. The molecule has 0 radical (unpaired) electrons. The Balaban J connectivity index is 2.38. The number of aromatic nitrogens is 2. The molecule has 0 amide bonds. The number of halogens is 2. The fourth-order valence-electron chi connectivity index (χ4n) is 2.15. The van der Waals surface area contributed by atoms with Crippen molar-refractivity contribution >= 4 is 34.1 Å². The number of nitrogens with zero attached hydrogens (tertiary/aromatic N) is 2. The van der Waals surface area contributed by atoms with E-state index in [-0.39, 0.29) is 17.0 Å². The SMILES string of the molecule is C[C@@H](Cl)c1nc2ccc(Cl)cc2c(=O)n1C1CC1. The largest absolute Gasteiger partial charge is 0.292 e.